The van der Waals surface area contributed by atoms with Crippen LogP contribution < -0.4 is 0 Å². The van der Waals surface area contributed by atoms with E-state index >= 15 is 0 Å². The Morgan fingerprint density at radius 3 is 0.979 bits per heavy atom. The number of imidazole rings is 1. The van der Waals surface area contributed by atoms with Crippen LogP contribution in [0.3, 0.4) is 0 Å². The summed E-state index contributed by atoms with van der Waals surface area (Å²) in [6, 6.07) is 107. The van der Waals surface area contributed by atoms with Crippen molar-refractivity contribution in [2.75, 3.05) is 0 Å². The van der Waals surface area contributed by atoms with Crippen LogP contribution in [-0.4, -0.2) is 37.8 Å². The van der Waals surface area contributed by atoms with Crippen LogP contribution in [0.15, 0.2) is 291 Å². The Labute approximate surface area is 547 Å². The Morgan fingerprint density at radius 2 is 0.558 bits per heavy atom. The molecule has 0 spiro atoms. The normalized spacial score (nSPS) is 12.0. The largest absolute Gasteiger partial charge is 0.308 e. The Morgan fingerprint density at radius 1 is 0.232 bits per heavy atom. The van der Waals surface area contributed by atoms with Crippen LogP contribution in [0, 0.1) is 27.7 Å². The van der Waals surface area contributed by atoms with Crippen LogP contribution in [-0.2, 0) is 0 Å². The quantitative estimate of drug-likeness (QED) is 0.145. The molecule has 6 heterocycles. The van der Waals surface area contributed by atoms with Crippen LogP contribution in [0.1, 0.15) is 22.3 Å². The molecule has 8 nitrogen and oxygen atoms in total. The number of rotatable bonds is 9. The monoisotopic (exact) mass is 1220 g/mol. The molecule has 6 aromatic heterocycles. The van der Waals surface area contributed by atoms with Crippen LogP contribution in [0.4, 0.5) is 0 Å². The highest BCUT2D eigenvalue weighted by molar-refractivity contribution is 6.19. The van der Waals surface area contributed by atoms with Crippen LogP contribution >= 0.6 is 0 Å². The lowest BCUT2D eigenvalue weighted by Gasteiger charge is -2.31. The molecule has 8 heteroatoms. The van der Waals surface area contributed by atoms with Gasteiger partial charge in [0.05, 0.1) is 100 Å². The molecule has 0 aliphatic rings. The zero-order valence-corrected chi connectivity index (χ0v) is 52.8. The van der Waals surface area contributed by atoms with Gasteiger partial charge in [-0.15, -0.1) is 0 Å². The van der Waals surface area contributed by atoms with Crippen LogP contribution in [0.2, 0.25) is 0 Å². The highest BCUT2D eigenvalue weighted by Crippen LogP contribution is 2.55. The summed E-state index contributed by atoms with van der Waals surface area (Å²) in [5, 5.41) is 9.06. The van der Waals surface area contributed by atoms with Crippen molar-refractivity contribution in [2.24, 2.45) is 0 Å². The molecule has 0 N–H and O–H groups in total. The van der Waals surface area contributed by atoms with E-state index in [4.69, 9.17) is 15.0 Å². The Kier molecular flexibility index (Phi) is 12.1. The molecular weight excluding hydrogens is 1160 g/mol. The first-order valence-corrected chi connectivity index (χ1v) is 32.6. The first-order chi connectivity index (χ1) is 46.8. The average Bonchev–Trinajstić information content (AvgIpc) is 1.62. The lowest BCUT2D eigenvalue weighted by atomic mass is 9.95. The third kappa shape index (κ3) is 8.24. The maximum Gasteiger partial charge on any atom is 0.164 e. The van der Waals surface area contributed by atoms with E-state index in [1.165, 1.54) is 16.7 Å². The molecule has 0 fully saturated rings. The third-order valence-corrected chi connectivity index (χ3v) is 19.5. The van der Waals surface area contributed by atoms with E-state index in [0.717, 1.165) is 172 Å². The van der Waals surface area contributed by atoms with Crippen LogP contribution in [0.25, 0.3) is 172 Å². The highest BCUT2D eigenvalue weighted by atomic mass is 15.2. The molecule has 0 unspecified atom stereocenters. The van der Waals surface area contributed by atoms with E-state index in [1.807, 2.05) is 0 Å². The van der Waals surface area contributed by atoms with Crippen molar-refractivity contribution in [1.82, 2.24) is 37.8 Å². The minimum absolute atomic E-state index is 0.539. The molecule has 19 aromatic rings. The number of fused-ring (bicyclic) bond motifs is 13. The van der Waals surface area contributed by atoms with E-state index < -0.39 is 0 Å². The SMILES string of the molecule is Cc1ccc2c(c1)c1ccccc1n2-c1c(-c2nc(-c3ccccc3)cc(-c3ccccc3)n2)c(-n2c3ccccc3c3cc(C)ccc32)c(-n2c3ccccc3c3cc(C)ccc32)c(-n2c3ccccc3c3cc(C)ccc32)c1-c1nc2ccccc2n1-c1ccccc1. The zero-order chi connectivity index (χ0) is 63.2. The van der Waals surface area contributed by atoms with Gasteiger partial charge in [-0.05, 0) is 131 Å². The fraction of sp³-hybridized carbons (Fsp3) is 0.0460. The second-order valence-electron chi connectivity index (χ2n) is 25.4. The van der Waals surface area contributed by atoms with Gasteiger partial charge in [-0.3, -0.25) is 4.57 Å². The van der Waals surface area contributed by atoms with Crippen molar-refractivity contribution in [3.8, 4) is 73.7 Å². The molecule has 19 rings (SSSR count). The summed E-state index contributed by atoms with van der Waals surface area (Å²) >= 11 is 0. The Hall–Kier alpha value is -12.4. The zero-order valence-electron chi connectivity index (χ0n) is 52.8. The van der Waals surface area contributed by atoms with E-state index in [2.05, 4.69) is 342 Å². The lowest BCUT2D eigenvalue weighted by Crippen LogP contribution is -2.18. The van der Waals surface area contributed by atoms with Crippen LogP contribution in [0.5, 0.6) is 0 Å². The number of hydrogen-bond acceptors (Lipinski definition) is 3. The van der Waals surface area contributed by atoms with Crippen molar-refractivity contribution < 1.29 is 0 Å². The van der Waals surface area contributed by atoms with E-state index in [1.54, 1.807) is 0 Å². The third-order valence-electron chi connectivity index (χ3n) is 19.5. The summed E-state index contributed by atoms with van der Waals surface area (Å²) in [5.74, 6) is 1.28. The molecule has 0 atom stereocenters. The maximum absolute atomic E-state index is 6.15. The molecule has 13 aromatic carbocycles. The number of aryl methyl sites for hydroxylation is 4. The molecule has 0 radical (unpaired) electrons. The number of hydrogen-bond donors (Lipinski definition) is 0. The average molecular weight is 1220 g/mol. The lowest BCUT2D eigenvalue weighted by molar-refractivity contribution is 1.01. The van der Waals surface area contributed by atoms with Gasteiger partial charge in [-0.1, -0.05) is 210 Å². The van der Waals surface area contributed by atoms with Gasteiger partial charge < -0.3 is 18.3 Å². The number of aromatic nitrogens is 8. The van der Waals surface area contributed by atoms with E-state index in [0.29, 0.717) is 5.82 Å². The summed E-state index contributed by atoms with van der Waals surface area (Å²) in [5.41, 5.74) is 24.5. The van der Waals surface area contributed by atoms with Gasteiger partial charge in [-0.2, -0.15) is 0 Å². The van der Waals surface area contributed by atoms with Crippen molar-refractivity contribution >= 4 is 98.3 Å². The molecule has 0 aliphatic carbocycles. The van der Waals surface area contributed by atoms with Gasteiger partial charge in [0.15, 0.2) is 5.82 Å². The number of nitrogens with zero attached hydrogens (tertiary/aromatic N) is 8. The van der Waals surface area contributed by atoms with Crippen molar-refractivity contribution in [1.29, 1.82) is 0 Å². The molecule has 0 saturated heterocycles. The minimum atomic E-state index is 0.539. The van der Waals surface area contributed by atoms with Crippen molar-refractivity contribution in [2.45, 2.75) is 27.7 Å². The van der Waals surface area contributed by atoms with Gasteiger partial charge in [0.1, 0.15) is 5.82 Å². The van der Waals surface area contributed by atoms with Crippen molar-refractivity contribution in [3.05, 3.63) is 313 Å². The standard InChI is InChI=1S/C87H60N8/c1-53-40-44-75-64(48-53)60-30-14-19-35-71(60)92(75)82-80(86-88-69(57-24-8-5-9-25-57)52-70(89-86)58-26-10-6-11-27-58)83(93-72-36-20-15-31-61(72)65-49-54(2)41-45-76(65)93)85(95-74-38-22-17-33-63(74)67-51-56(4)43-47-78(67)95)84(94-73-37-21-16-32-62(73)66-50-55(3)42-46-77(66)94)81(82)87-90-68-34-18-23-39-79(68)91(87)59-28-12-7-13-29-59/h5-52H,1-4H3. The van der Waals surface area contributed by atoms with Gasteiger partial charge in [0.25, 0.3) is 0 Å². The predicted octanol–water partition coefficient (Wildman–Crippen LogP) is 22.1. The summed E-state index contributed by atoms with van der Waals surface area (Å²) in [7, 11) is 0. The summed E-state index contributed by atoms with van der Waals surface area (Å²) in [6.45, 7) is 8.81. The highest BCUT2D eigenvalue weighted by Gasteiger charge is 2.38. The fourth-order valence-corrected chi connectivity index (χ4v) is 15.4. The summed E-state index contributed by atoms with van der Waals surface area (Å²) in [4.78, 5) is 18.4. The summed E-state index contributed by atoms with van der Waals surface area (Å²) in [6.07, 6.45) is 0. The first-order valence-electron chi connectivity index (χ1n) is 32.6. The molecular formula is C87H60N8. The molecule has 95 heavy (non-hydrogen) atoms. The summed E-state index contributed by atoms with van der Waals surface area (Å²) < 4.78 is 12.7. The van der Waals surface area contributed by atoms with Crippen molar-refractivity contribution in [3.63, 3.8) is 0 Å². The minimum Gasteiger partial charge on any atom is -0.308 e. The first kappa shape index (κ1) is 54.4. The molecule has 0 aliphatic heterocycles. The van der Waals surface area contributed by atoms with Gasteiger partial charge in [0, 0.05) is 59.9 Å². The number of benzene rings is 13. The van der Waals surface area contributed by atoms with E-state index in [-0.39, 0.29) is 0 Å². The predicted molar refractivity (Wildman–Crippen MR) is 395 cm³/mol. The molecule has 448 valence electrons. The maximum atomic E-state index is 6.15. The topological polar surface area (TPSA) is 63.3 Å². The second-order valence-corrected chi connectivity index (χ2v) is 25.4. The van der Waals surface area contributed by atoms with Gasteiger partial charge >= 0.3 is 0 Å². The van der Waals surface area contributed by atoms with Gasteiger partial charge in [-0.25, -0.2) is 15.0 Å². The molecule has 0 amide bonds. The molecule has 0 saturated carbocycles. The smallest absolute Gasteiger partial charge is 0.164 e. The molecule has 0 bridgehead atoms. The fourth-order valence-electron chi connectivity index (χ4n) is 15.4. The Bertz CT molecular complexity index is 6320. The van der Waals surface area contributed by atoms with E-state index in [9.17, 15) is 0 Å². The van der Waals surface area contributed by atoms with Gasteiger partial charge in [0.2, 0.25) is 0 Å². The number of para-hydroxylation sites is 7. The Balaban J connectivity index is 1.21. The second kappa shape index (κ2) is 21.1.